The Kier molecular flexibility index (Phi) is 11.6. The standard InChI is InChI=1S/6ClH.2K.Mo/h6*1H;;;/q;;;;;;2*+1;+4/p-6. The summed E-state index contributed by atoms with van der Waals surface area (Å²) >= 11 is 0. The Labute approximate surface area is 161 Å². The fourth-order valence-corrected chi connectivity index (χ4v) is 0. The van der Waals surface area contributed by atoms with Gasteiger partial charge >= 0.3 is 167 Å². The molecule has 0 saturated heterocycles. The molecule has 0 atom stereocenters. The van der Waals surface area contributed by atoms with Gasteiger partial charge in [0.15, 0.2) is 0 Å². The van der Waals surface area contributed by atoms with Crippen LogP contribution >= 0.6 is 56.5 Å². The monoisotopic (exact) mass is 386 g/mol. The first-order valence-electron chi connectivity index (χ1n) is 0.926. The van der Waals surface area contributed by atoms with Crippen molar-refractivity contribution in [2.75, 3.05) is 0 Å². The Morgan fingerprint density at radius 2 is 0.556 bits per heavy atom. The molecule has 0 bridgehead atoms. The summed E-state index contributed by atoms with van der Waals surface area (Å²) < 4.78 is 0. The molecule has 0 aromatic heterocycles. The van der Waals surface area contributed by atoms with Crippen LogP contribution < -0.4 is 103 Å². The zero-order chi connectivity index (χ0) is 6.41. The van der Waals surface area contributed by atoms with E-state index in [1.807, 2.05) is 0 Å². The number of halogens is 6. The molecule has 0 N–H and O–H groups in total. The molecule has 0 rings (SSSR count). The SMILES string of the molecule is [Cl][Mo-2]([Cl])([Cl])([Cl])([Cl])[Cl].[K+].[K+]. The van der Waals surface area contributed by atoms with Crippen LogP contribution in [0.3, 0.4) is 0 Å². The smallest absolute Gasteiger partial charge is 1.00 e. The number of hydrogen-bond acceptors (Lipinski definition) is 0. The quantitative estimate of drug-likeness (QED) is 0.429. The summed E-state index contributed by atoms with van der Waals surface area (Å²) in [4.78, 5) is 0. The minimum absolute atomic E-state index is 0. The van der Waals surface area contributed by atoms with Crippen molar-refractivity contribution in [1.82, 2.24) is 0 Å². The second kappa shape index (κ2) is 5.16. The third-order valence-corrected chi connectivity index (χ3v) is 0. The topological polar surface area (TPSA) is 0 Å². The van der Waals surface area contributed by atoms with E-state index in [2.05, 4.69) is 0 Å². The molecule has 0 aliphatic rings. The first-order chi connectivity index (χ1) is 2.45. The molecule has 0 aliphatic carbocycles. The summed E-state index contributed by atoms with van der Waals surface area (Å²) in [6.45, 7) is 0. The van der Waals surface area contributed by atoms with E-state index in [0.717, 1.165) is 0 Å². The predicted octanol–water partition coefficient (Wildman–Crippen LogP) is -1.86. The maximum Gasteiger partial charge on any atom is 1.00 e. The van der Waals surface area contributed by atoms with Crippen molar-refractivity contribution >= 4 is 56.5 Å². The van der Waals surface area contributed by atoms with Crippen molar-refractivity contribution in [1.29, 1.82) is 0 Å². The van der Waals surface area contributed by atoms with E-state index in [-0.39, 0.29) is 103 Å². The van der Waals surface area contributed by atoms with E-state index in [4.69, 9.17) is 56.5 Å². The first kappa shape index (κ1) is 20.2. The summed E-state index contributed by atoms with van der Waals surface area (Å²) in [5.74, 6) is 0. The van der Waals surface area contributed by atoms with Crippen LogP contribution in [0.15, 0.2) is 0 Å². The van der Waals surface area contributed by atoms with E-state index >= 15 is 0 Å². The van der Waals surface area contributed by atoms with E-state index in [1.165, 1.54) is 0 Å². The molecule has 0 heterocycles. The molecular formula is Cl6K2Mo. The molecule has 0 aliphatic heterocycles. The van der Waals surface area contributed by atoms with E-state index in [0.29, 0.717) is 0 Å². The van der Waals surface area contributed by atoms with E-state index < -0.39 is 7.31 Å². The number of rotatable bonds is 0. The Morgan fingerprint density at radius 1 is 0.556 bits per heavy atom. The van der Waals surface area contributed by atoms with E-state index in [1.54, 1.807) is 0 Å². The zero-order valence-electron chi connectivity index (χ0n) is 4.68. The van der Waals surface area contributed by atoms with Crippen LogP contribution in [0.4, 0.5) is 0 Å². The average Bonchev–Trinajstić information content (AvgIpc) is 0.592. The van der Waals surface area contributed by atoms with Crippen LogP contribution in [0.25, 0.3) is 0 Å². The van der Waals surface area contributed by atoms with Gasteiger partial charge in [0.2, 0.25) is 0 Å². The van der Waals surface area contributed by atoms with Gasteiger partial charge in [0.1, 0.15) is 0 Å². The molecule has 0 aromatic rings. The minimum atomic E-state index is -5.35. The van der Waals surface area contributed by atoms with Crippen LogP contribution in [0.5, 0.6) is 0 Å². The average molecular weight is 387 g/mol. The van der Waals surface area contributed by atoms with Crippen molar-refractivity contribution in [3.63, 3.8) is 0 Å². The Morgan fingerprint density at radius 3 is 0.556 bits per heavy atom. The molecule has 50 valence electrons. The second-order valence-corrected chi connectivity index (χ2v) is 46.6. The van der Waals surface area contributed by atoms with Gasteiger partial charge in [0, 0.05) is 0 Å². The molecule has 0 fully saturated rings. The molecule has 0 unspecified atom stereocenters. The van der Waals surface area contributed by atoms with Crippen LogP contribution in [0.2, 0.25) is 0 Å². The van der Waals surface area contributed by atoms with Gasteiger partial charge in [-0.15, -0.1) is 0 Å². The van der Waals surface area contributed by atoms with E-state index in [9.17, 15) is 0 Å². The summed E-state index contributed by atoms with van der Waals surface area (Å²) in [6.07, 6.45) is 0. The summed E-state index contributed by atoms with van der Waals surface area (Å²) in [7, 11) is 25.0. The molecule has 0 spiro atoms. The van der Waals surface area contributed by atoms with Crippen LogP contribution in [-0.4, -0.2) is 0 Å². The van der Waals surface area contributed by atoms with Gasteiger partial charge in [0.25, 0.3) is 0 Å². The Balaban J connectivity index is -0.000000180. The van der Waals surface area contributed by atoms with Crippen LogP contribution in [0, 0.1) is 0 Å². The van der Waals surface area contributed by atoms with Crippen molar-refractivity contribution < 1.29 is 110 Å². The molecule has 9 heteroatoms. The van der Waals surface area contributed by atoms with Gasteiger partial charge in [-0.25, -0.2) is 0 Å². The molecule has 0 aromatic carbocycles. The third-order valence-electron chi connectivity index (χ3n) is 0. The maximum atomic E-state index is 5.06. The van der Waals surface area contributed by atoms with Crippen LogP contribution in [-0.2, 0) is 7.31 Å². The normalized spacial score (nSPS) is 18.0. The maximum absolute atomic E-state index is 5.35. The van der Waals surface area contributed by atoms with Gasteiger partial charge in [-0.1, -0.05) is 0 Å². The largest absolute Gasteiger partial charge is 1.00 e. The van der Waals surface area contributed by atoms with Gasteiger partial charge in [-0.05, 0) is 0 Å². The van der Waals surface area contributed by atoms with Crippen molar-refractivity contribution in [3.05, 3.63) is 0 Å². The van der Waals surface area contributed by atoms with Crippen LogP contribution in [0.1, 0.15) is 0 Å². The van der Waals surface area contributed by atoms with Gasteiger partial charge in [-0.3, -0.25) is 0 Å². The fourth-order valence-electron chi connectivity index (χ4n) is 0. The second-order valence-electron chi connectivity index (χ2n) is 0.875. The summed E-state index contributed by atoms with van der Waals surface area (Å²) in [5.41, 5.74) is 0. The zero-order valence-corrected chi connectivity index (χ0v) is 17.5. The first-order valence-corrected chi connectivity index (χ1v) is 16.4. The Bertz CT molecular complexity index is 69.6. The molecule has 9 heavy (non-hydrogen) atoms. The summed E-state index contributed by atoms with van der Waals surface area (Å²) in [6, 6.07) is 0. The van der Waals surface area contributed by atoms with Crippen molar-refractivity contribution in [3.8, 4) is 0 Å². The number of hydrogen-bond donors (Lipinski definition) is 0. The van der Waals surface area contributed by atoms with Gasteiger partial charge in [0.05, 0.1) is 0 Å². The molecular weight excluding hydrogens is 387 g/mol. The molecule has 0 saturated carbocycles. The van der Waals surface area contributed by atoms with Crippen molar-refractivity contribution in [2.45, 2.75) is 0 Å². The molecule has 0 radical (unpaired) electrons. The minimum Gasteiger partial charge on any atom is 1.00 e. The van der Waals surface area contributed by atoms with Crippen molar-refractivity contribution in [2.24, 2.45) is 0 Å². The predicted molar refractivity (Wildman–Crippen MR) is 35.1 cm³/mol. The third kappa shape index (κ3) is 57.7. The van der Waals surface area contributed by atoms with Gasteiger partial charge in [-0.2, -0.15) is 0 Å². The molecule has 0 nitrogen and oxygen atoms in total. The fraction of sp³-hybridized carbons (Fsp3) is 0. The van der Waals surface area contributed by atoms with Gasteiger partial charge < -0.3 is 0 Å². The summed E-state index contributed by atoms with van der Waals surface area (Å²) in [5, 5.41) is 0. The molecule has 0 amide bonds. The Hall–Kier alpha value is 5.70.